The first-order valence-corrected chi connectivity index (χ1v) is 7.73. The summed E-state index contributed by atoms with van der Waals surface area (Å²) in [5, 5.41) is 3.26. The number of nitrogens with one attached hydrogen (secondary N) is 1. The van der Waals surface area contributed by atoms with Gasteiger partial charge in [-0.2, -0.15) is 0 Å². The van der Waals surface area contributed by atoms with Gasteiger partial charge in [0.25, 0.3) is 0 Å². The second-order valence-corrected chi connectivity index (χ2v) is 6.03. The van der Waals surface area contributed by atoms with E-state index in [1.165, 1.54) is 6.07 Å². The van der Waals surface area contributed by atoms with Crippen LogP contribution in [0.15, 0.2) is 18.3 Å². The van der Waals surface area contributed by atoms with Crippen molar-refractivity contribution < 1.29 is 13.9 Å². The van der Waals surface area contributed by atoms with E-state index in [4.69, 9.17) is 9.47 Å². The number of rotatable bonds is 3. The largest absolute Gasteiger partial charge is 0.381 e. The molecule has 0 aliphatic carbocycles. The summed E-state index contributed by atoms with van der Waals surface area (Å²) in [6.07, 6.45) is 5.41. The first-order chi connectivity index (χ1) is 10.2. The lowest BCUT2D eigenvalue weighted by Crippen LogP contribution is -2.46. The van der Waals surface area contributed by atoms with Gasteiger partial charge in [-0.25, -0.2) is 4.39 Å². The third kappa shape index (κ3) is 3.10. The summed E-state index contributed by atoms with van der Waals surface area (Å²) in [4.78, 5) is 4.26. The van der Waals surface area contributed by atoms with Crippen LogP contribution in [0.25, 0.3) is 0 Å². The molecular weight excluding hydrogens is 271 g/mol. The number of ether oxygens (including phenoxy) is 2. The fraction of sp³-hybridized carbons (Fsp3) is 0.688. The fourth-order valence-electron chi connectivity index (χ4n) is 3.66. The molecule has 1 spiro atoms. The Labute approximate surface area is 125 Å². The molecule has 0 radical (unpaired) electrons. The van der Waals surface area contributed by atoms with Crippen molar-refractivity contribution in [3.63, 3.8) is 0 Å². The Morgan fingerprint density at radius 1 is 1.38 bits per heavy atom. The van der Waals surface area contributed by atoms with Crippen molar-refractivity contribution in [1.29, 1.82) is 0 Å². The Hall–Kier alpha value is -1.04. The average molecular weight is 294 g/mol. The molecule has 0 amide bonds. The molecule has 2 atom stereocenters. The molecular formula is C16H23FN2O2. The predicted molar refractivity (Wildman–Crippen MR) is 77.5 cm³/mol. The van der Waals surface area contributed by atoms with Crippen molar-refractivity contribution in [3.8, 4) is 0 Å². The molecule has 0 aromatic carbocycles. The number of nitrogens with zero attached hydrogens (tertiary/aromatic N) is 1. The summed E-state index contributed by atoms with van der Waals surface area (Å²) >= 11 is 0. The summed E-state index contributed by atoms with van der Waals surface area (Å²) in [6.45, 7) is 2.25. The Bertz CT molecular complexity index is 472. The van der Waals surface area contributed by atoms with Gasteiger partial charge in [-0.3, -0.25) is 4.98 Å². The minimum Gasteiger partial charge on any atom is -0.381 e. The molecule has 0 saturated carbocycles. The second-order valence-electron chi connectivity index (χ2n) is 6.03. The normalized spacial score (nSPS) is 26.7. The molecule has 1 N–H and O–H groups in total. The molecule has 2 unspecified atom stereocenters. The lowest BCUT2D eigenvalue weighted by atomic mass is 9.77. The predicted octanol–water partition coefficient (Wildman–Crippen LogP) is 2.46. The third-order valence-electron chi connectivity index (χ3n) is 4.80. The van der Waals surface area contributed by atoms with Gasteiger partial charge >= 0.3 is 0 Å². The van der Waals surface area contributed by atoms with Crippen LogP contribution >= 0.6 is 0 Å². The van der Waals surface area contributed by atoms with Gasteiger partial charge in [-0.05, 0) is 50.8 Å². The van der Waals surface area contributed by atoms with Crippen molar-refractivity contribution in [3.05, 3.63) is 29.8 Å². The van der Waals surface area contributed by atoms with Crippen molar-refractivity contribution in [2.75, 3.05) is 26.9 Å². The lowest BCUT2D eigenvalue weighted by Gasteiger charge is -2.45. The highest BCUT2D eigenvalue weighted by atomic mass is 19.1. The summed E-state index contributed by atoms with van der Waals surface area (Å²) < 4.78 is 25.6. The number of aromatic nitrogens is 1. The zero-order valence-corrected chi connectivity index (χ0v) is 12.5. The van der Waals surface area contributed by atoms with Crippen LogP contribution in [0.1, 0.15) is 37.4 Å². The molecule has 0 bridgehead atoms. The van der Waals surface area contributed by atoms with E-state index in [-0.39, 0.29) is 17.5 Å². The number of hydrogen-bond acceptors (Lipinski definition) is 4. The Morgan fingerprint density at radius 2 is 2.19 bits per heavy atom. The lowest BCUT2D eigenvalue weighted by molar-refractivity contribution is -0.150. The van der Waals surface area contributed by atoms with Crippen LogP contribution in [0.4, 0.5) is 4.39 Å². The van der Waals surface area contributed by atoms with Crippen LogP contribution in [0.5, 0.6) is 0 Å². The molecule has 4 nitrogen and oxygen atoms in total. The summed E-state index contributed by atoms with van der Waals surface area (Å²) in [5.41, 5.74) is 0.441. The number of hydrogen-bond donors (Lipinski definition) is 1. The minimum absolute atomic E-state index is 0.0604. The van der Waals surface area contributed by atoms with E-state index in [2.05, 4.69) is 10.3 Å². The Kier molecular flexibility index (Phi) is 4.52. The van der Waals surface area contributed by atoms with Crippen LogP contribution < -0.4 is 5.32 Å². The van der Waals surface area contributed by atoms with Crippen molar-refractivity contribution >= 4 is 0 Å². The summed E-state index contributed by atoms with van der Waals surface area (Å²) in [6, 6.07) is 3.06. The van der Waals surface area contributed by atoms with Gasteiger partial charge < -0.3 is 14.8 Å². The van der Waals surface area contributed by atoms with E-state index >= 15 is 0 Å². The summed E-state index contributed by atoms with van der Waals surface area (Å²) in [5.74, 6) is 0.107. The van der Waals surface area contributed by atoms with Crippen LogP contribution in [-0.2, 0) is 9.47 Å². The Balaban J connectivity index is 1.79. The maximum Gasteiger partial charge on any atom is 0.146 e. The van der Waals surface area contributed by atoms with E-state index in [1.807, 2.05) is 7.05 Å². The molecule has 2 aliphatic rings. The minimum atomic E-state index is -0.232. The van der Waals surface area contributed by atoms with Crippen LogP contribution in [0.3, 0.4) is 0 Å². The monoisotopic (exact) mass is 294 g/mol. The topological polar surface area (TPSA) is 43.4 Å². The standard InChI is InChI=1S/C16H23FN2O2/c1-18-14(15-13(17)3-2-7-19-15)12-4-8-21-16(11-12)5-9-20-10-6-16/h2-3,7,12,14,18H,4-6,8-11H2,1H3. The van der Waals surface area contributed by atoms with E-state index < -0.39 is 0 Å². The highest BCUT2D eigenvalue weighted by Crippen LogP contribution is 2.41. The number of pyridine rings is 1. The fourth-order valence-corrected chi connectivity index (χ4v) is 3.66. The highest BCUT2D eigenvalue weighted by molar-refractivity contribution is 5.13. The molecule has 3 rings (SSSR count). The van der Waals surface area contributed by atoms with E-state index in [9.17, 15) is 4.39 Å². The molecule has 2 fully saturated rings. The van der Waals surface area contributed by atoms with E-state index in [1.54, 1.807) is 12.3 Å². The van der Waals surface area contributed by atoms with E-state index in [0.29, 0.717) is 11.6 Å². The zero-order chi connectivity index (χ0) is 14.7. The quantitative estimate of drug-likeness (QED) is 0.930. The van der Waals surface area contributed by atoms with Crippen molar-refractivity contribution in [2.24, 2.45) is 5.92 Å². The smallest absolute Gasteiger partial charge is 0.146 e. The SMILES string of the molecule is CNC(c1ncccc1F)C1CCOC2(CCOCC2)C1. The maximum atomic E-state index is 14.1. The zero-order valence-electron chi connectivity index (χ0n) is 12.5. The molecule has 21 heavy (non-hydrogen) atoms. The Morgan fingerprint density at radius 3 is 2.90 bits per heavy atom. The molecule has 2 aliphatic heterocycles. The second kappa shape index (κ2) is 6.38. The van der Waals surface area contributed by atoms with Crippen LogP contribution in [0.2, 0.25) is 0 Å². The summed E-state index contributed by atoms with van der Waals surface area (Å²) in [7, 11) is 1.88. The first kappa shape index (κ1) is 14.9. The van der Waals surface area contributed by atoms with Crippen molar-refractivity contribution in [1.82, 2.24) is 10.3 Å². The van der Waals surface area contributed by atoms with Gasteiger partial charge in [-0.15, -0.1) is 0 Å². The van der Waals surface area contributed by atoms with Gasteiger partial charge in [0, 0.05) is 26.0 Å². The van der Waals surface area contributed by atoms with Gasteiger partial charge in [0.15, 0.2) is 0 Å². The van der Waals surface area contributed by atoms with Gasteiger partial charge in [0.05, 0.1) is 17.3 Å². The van der Waals surface area contributed by atoms with E-state index in [0.717, 1.165) is 45.5 Å². The maximum absolute atomic E-state index is 14.1. The van der Waals surface area contributed by atoms with Gasteiger partial charge in [0.2, 0.25) is 0 Å². The number of halogens is 1. The van der Waals surface area contributed by atoms with Crippen LogP contribution in [-0.4, -0.2) is 37.5 Å². The van der Waals surface area contributed by atoms with Gasteiger partial charge in [0.1, 0.15) is 5.82 Å². The first-order valence-electron chi connectivity index (χ1n) is 7.73. The molecule has 2 saturated heterocycles. The average Bonchev–Trinajstić information content (AvgIpc) is 2.51. The van der Waals surface area contributed by atoms with Crippen molar-refractivity contribution in [2.45, 2.75) is 37.3 Å². The van der Waals surface area contributed by atoms with Gasteiger partial charge in [-0.1, -0.05) is 0 Å². The molecule has 5 heteroatoms. The highest BCUT2D eigenvalue weighted by Gasteiger charge is 2.42. The molecule has 116 valence electrons. The third-order valence-corrected chi connectivity index (χ3v) is 4.80. The molecule has 3 heterocycles. The van der Waals surface area contributed by atoms with Crippen LogP contribution in [0, 0.1) is 11.7 Å². The molecule has 1 aromatic rings. The molecule has 1 aromatic heterocycles.